The van der Waals surface area contributed by atoms with Gasteiger partial charge in [-0.25, -0.2) is 15.0 Å². The third-order valence-electron chi connectivity index (χ3n) is 1.58. The van der Waals surface area contributed by atoms with Gasteiger partial charge in [0.05, 0.1) is 0 Å². The predicted octanol–water partition coefficient (Wildman–Crippen LogP) is 1.58. The Morgan fingerprint density at radius 3 is 2.69 bits per heavy atom. The van der Waals surface area contributed by atoms with Crippen LogP contribution in [-0.4, -0.2) is 29.1 Å². The van der Waals surface area contributed by atoms with E-state index >= 15 is 0 Å². The van der Waals surface area contributed by atoms with Crippen LogP contribution in [0.2, 0.25) is 5.15 Å². The van der Waals surface area contributed by atoms with Crippen LogP contribution in [0, 0.1) is 0 Å². The first-order chi connectivity index (χ1) is 6.15. The zero-order valence-corrected chi connectivity index (χ0v) is 8.76. The number of rotatable bonds is 3. The van der Waals surface area contributed by atoms with E-state index in [0.717, 1.165) is 17.8 Å². The summed E-state index contributed by atoms with van der Waals surface area (Å²) in [6, 6.07) is 0. The third-order valence-corrected chi connectivity index (χ3v) is 1.90. The maximum absolute atomic E-state index is 5.90. The van der Waals surface area contributed by atoms with Crippen molar-refractivity contribution in [2.24, 2.45) is 0 Å². The van der Waals surface area contributed by atoms with E-state index in [4.69, 9.17) is 11.6 Å². The molecule has 5 heteroatoms. The molecular formula is C8H13ClN4. The molecule has 0 saturated carbocycles. The molecule has 1 aromatic rings. The molecule has 1 heterocycles. The van der Waals surface area contributed by atoms with Crippen molar-refractivity contribution in [1.29, 1.82) is 0 Å². The summed E-state index contributed by atoms with van der Waals surface area (Å²) >= 11 is 5.90. The van der Waals surface area contributed by atoms with Crippen LogP contribution < -0.4 is 5.43 Å². The Morgan fingerprint density at radius 1 is 1.46 bits per heavy atom. The van der Waals surface area contributed by atoms with Gasteiger partial charge in [0.1, 0.15) is 17.3 Å². The van der Waals surface area contributed by atoms with Crippen LogP contribution >= 0.6 is 11.6 Å². The molecule has 13 heavy (non-hydrogen) atoms. The molecule has 4 nitrogen and oxygen atoms in total. The molecule has 72 valence electrons. The lowest BCUT2D eigenvalue weighted by Crippen LogP contribution is -2.21. The average Bonchev–Trinajstić information content (AvgIpc) is 2.03. The quantitative estimate of drug-likeness (QED) is 0.594. The largest absolute Gasteiger partial charge is 0.303 e. The van der Waals surface area contributed by atoms with Crippen molar-refractivity contribution in [3.05, 3.63) is 17.0 Å². The number of halogens is 1. The average molecular weight is 201 g/mol. The zero-order valence-electron chi connectivity index (χ0n) is 8.00. The number of hydrogen-bond acceptors (Lipinski definition) is 4. The molecule has 0 radical (unpaired) electrons. The Kier molecular flexibility index (Phi) is 3.45. The molecule has 0 aliphatic rings. The summed E-state index contributed by atoms with van der Waals surface area (Å²) in [5, 5.41) is 2.33. The molecule has 0 aromatic carbocycles. The fraction of sp³-hybridized carbons (Fsp3) is 0.500. The van der Waals surface area contributed by atoms with E-state index in [1.165, 1.54) is 6.33 Å². The fourth-order valence-electron chi connectivity index (χ4n) is 1.01. The molecule has 0 spiro atoms. The topological polar surface area (TPSA) is 41.1 Å². The summed E-state index contributed by atoms with van der Waals surface area (Å²) in [4.78, 5) is 8.02. The van der Waals surface area contributed by atoms with E-state index in [1.54, 1.807) is 0 Å². The minimum atomic E-state index is 0.516. The second-order valence-electron chi connectivity index (χ2n) is 2.85. The highest BCUT2D eigenvalue weighted by molar-refractivity contribution is 6.30. The lowest BCUT2D eigenvalue weighted by Gasteiger charge is -2.15. The maximum Gasteiger partial charge on any atom is 0.148 e. The first kappa shape index (κ1) is 10.2. The molecule has 0 saturated heterocycles. The van der Waals surface area contributed by atoms with Gasteiger partial charge in [0.25, 0.3) is 0 Å². The molecule has 0 atom stereocenters. The van der Waals surface area contributed by atoms with Crippen molar-refractivity contribution in [3.8, 4) is 0 Å². The monoisotopic (exact) mass is 200 g/mol. The highest BCUT2D eigenvalue weighted by atomic mass is 35.5. The number of hydrazine groups is 1. The summed E-state index contributed by atoms with van der Waals surface area (Å²) < 4.78 is 0. The van der Waals surface area contributed by atoms with Crippen LogP contribution in [0.5, 0.6) is 0 Å². The van der Waals surface area contributed by atoms with Crippen LogP contribution in [0.3, 0.4) is 0 Å². The van der Waals surface area contributed by atoms with Gasteiger partial charge in [-0.1, -0.05) is 18.5 Å². The van der Waals surface area contributed by atoms with E-state index in [-0.39, 0.29) is 0 Å². The first-order valence-corrected chi connectivity index (χ1v) is 4.46. The van der Waals surface area contributed by atoms with E-state index in [9.17, 15) is 0 Å². The van der Waals surface area contributed by atoms with Crippen molar-refractivity contribution < 1.29 is 0 Å². The minimum absolute atomic E-state index is 0.516. The Morgan fingerprint density at radius 2 is 2.15 bits per heavy atom. The Balaban J connectivity index is 2.98. The number of hydrogen-bond donors (Lipinski definition) is 1. The molecule has 0 amide bonds. The summed E-state index contributed by atoms with van der Waals surface area (Å²) in [5.74, 6) is 0.771. The summed E-state index contributed by atoms with van der Waals surface area (Å²) in [7, 11) is 3.80. The van der Waals surface area contributed by atoms with Gasteiger partial charge >= 0.3 is 0 Å². The number of nitrogens with one attached hydrogen (secondary N) is 1. The van der Waals surface area contributed by atoms with Crippen LogP contribution in [0.15, 0.2) is 6.33 Å². The summed E-state index contributed by atoms with van der Waals surface area (Å²) in [5.41, 5.74) is 4.01. The summed E-state index contributed by atoms with van der Waals surface area (Å²) in [6.07, 6.45) is 2.27. The predicted molar refractivity (Wildman–Crippen MR) is 53.7 cm³/mol. The van der Waals surface area contributed by atoms with Gasteiger partial charge in [-0.15, -0.1) is 0 Å². The lowest BCUT2D eigenvalue weighted by atomic mass is 10.2. The van der Waals surface area contributed by atoms with Crippen molar-refractivity contribution >= 4 is 17.4 Å². The fourth-order valence-corrected chi connectivity index (χ4v) is 1.28. The van der Waals surface area contributed by atoms with Crippen LogP contribution in [0.4, 0.5) is 5.82 Å². The molecule has 0 fully saturated rings. The molecular weight excluding hydrogens is 188 g/mol. The minimum Gasteiger partial charge on any atom is -0.303 e. The van der Waals surface area contributed by atoms with E-state index in [1.807, 2.05) is 26.0 Å². The van der Waals surface area contributed by atoms with Gasteiger partial charge in [0.2, 0.25) is 0 Å². The summed E-state index contributed by atoms with van der Waals surface area (Å²) in [6.45, 7) is 2.02. The molecule has 0 bridgehead atoms. The highest BCUT2D eigenvalue weighted by Crippen LogP contribution is 2.19. The van der Waals surface area contributed by atoms with E-state index < -0.39 is 0 Å². The standard InChI is InChI=1S/C8H13ClN4/c1-4-6-7(9)10-5-11-8(6)12-13(2)3/h5H,4H2,1-3H3,(H,10,11,12). The van der Waals surface area contributed by atoms with Crippen LogP contribution in [0.1, 0.15) is 12.5 Å². The second kappa shape index (κ2) is 4.39. The number of aromatic nitrogens is 2. The molecule has 0 aliphatic heterocycles. The molecule has 0 unspecified atom stereocenters. The second-order valence-corrected chi connectivity index (χ2v) is 3.21. The number of nitrogens with zero attached hydrogens (tertiary/aromatic N) is 3. The van der Waals surface area contributed by atoms with Crippen molar-refractivity contribution in [2.45, 2.75) is 13.3 Å². The lowest BCUT2D eigenvalue weighted by molar-refractivity contribution is 0.491. The molecule has 1 N–H and O–H groups in total. The zero-order chi connectivity index (χ0) is 9.84. The molecule has 1 rings (SSSR count). The van der Waals surface area contributed by atoms with Gasteiger partial charge in [0.15, 0.2) is 0 Å². The van der Waals surface area contributed by atoms with Crippen LogP contribution in [0.25, 0.3) is 0 Å². The van der Waals surface area contributed by atoms with E-state index in [0.29, 0.717) is 5.15 Å². The Hall–Kier alpha value is -0.870. The van der Waals surface area contributed by atoms with Gasteiger partial charge < -0.3 is 5.43 Å². The van der Waals surface area contributed by atoms with E-state index in [2.05, 4.69) is 15.4 Å². The molecule has 0 aliphatic carbocycles. The van der Waals surface area contributed by atoms with Crippen molar-refractivity contribution in [1.82, 2.24) is 15.0 Å². The number of anilines is 1. The van der Waals surface area contributed by atoms with Crippen molar-refractivity contribution in [2.75, 3.05) is 19.5 Å². The normalized spacial score (nSPS) is 10.5. The smallest absolute Gasteiger partial charge is 0.148 e. The van der Waals surface area contributed by atoms with Crippen LogP contribution in [-0.2, 0) is 6.42 Å². The van der Waals surface area contributed by atoms with Gasteiger partial charge in [-0.3, -0.25) is 0 Å². The van der Waals surface area contributed by atoms with Crippen molar-refractivity contribution in [3.63, 3.8) is 0 Å². The highest BCUT2D eigenvalue weighted by Gasteiger charge is 2.07. The Labute approximate surface area is 82.9 Å². The van der Waals surface area contributed by atoms with Gasteiger partial charge in [-0.05, 0) is 6.42 Å². The maximum atomic E-state index is 5.90. The molecule has 1 aromatic heterocycles. The third kappa shape index (κ3) is 2.54. The SMILES string of the molecule is CCc1c(Cl)ncnc1NN(C)C. The van der Waals surface area contributed by atoms with Gasteiger partial charge in [0, 0.05) is 19.7 Å². The Bertz CT molecular complexity index is 287. The van der Waals surface area contributed by atoms with Gasteiger partial charge in [-0.2, -0.15) is 0 Å². The first-order valence-electron chi connectivity index (χ1n) is 4.08.